The summed E-state index contributed by atoms with van der Waals surface area (Å²) in [6.45, 7) is 6.09. The molecular weight excluding hydrogens is 316 g/mol. The van der Waals surface area contributed by atoms with Crippen LogP contribution in [0.25, 0.3) is 0 Å². The Morgan fingerprint density at radius 3 is 2.36 bits per heavy atom. The van der Waals surface area contributed by atoms with Crippen molar-refractivity contribution in [1.29, 1.82) is 21.2 Å². The largest absolute Gasteiger partial charge is 0.447 e. The summed E-state index contributed by atoms with van der Waals surface area (Å²) in [5.41, 5.74) is -3.28. The van der Waals surface area contributed by atoms with Crippen molar-refractivity contribution in [1.82, 2.24) is 0 Å². The lowest BCUT2D eigenvalue weighted by Crippen LogP contribution is -2.65. The highest BCUT2D eigenvalue weighted by molar-refractivity contribution is 5.89. The molecule has 3 aliphatic rings. The van der Waals surface area contributed by atoms with Gasteiger partial charge in [-0.2, -0.15) is 15.8 Å². The van der Waals surface area contributed by atoms with E-state index < -0.39 is 28.6 Å². The van der Waals surface area contributed by atoms with E-state index in [-0.39, 0.29) is 11.8 Å². The van der Waals surface area contributed by atoms with Gasteiger partial charge in [0.2, 0.25) is 11.7 Å². The Labute approximate surface area is 148 Å². The predicted octanol–water partition coefficient (Wildman–Crippen LogP) is 3.50. The van der Waals surface area contributed by atoms with Crippen LogP contribution >= 0.6 is 0 Å². The first-order valence-corrected chi connectivity index (χ1v) is 9.10. The van der Waals surface area contributed by atoms with Crippen LogP contribution in [0.3, 0.4) is 0 Å². The first-order chi connectivity index (χ1) is 11.9. The van der Waals surface area contributed by atoms with E-state index in [9.17, 15) is 15.8 Å². The Kier molecular flexibility index (Phi) is 4.05. The van der Waals surface area contributed by atoms with Crippen molar-refractivity contribution in [3.63, 3.8) is 0 Å². The van der Waals surface area contributed by atoms with Crippen molar-refractivity contribution in [3.05, 3.63) is 0 Å². The molecule has 2 aliphatic heterocycles. The van der Waals surface area contributed by atoms with Crippen LogP contribution in [0.1, 0.15) is 52.9 Å². The maximum Gasteiger partial charge on any atom is 0.217 e. The monoisotopic (exact) mass is 340 g/mol. The number of nitrogens with zero attached hydrogens (tertiary/aromatic N) is 3. The molecule has 6 nitrogen and oxygen atoms in total. The molecule has 3 rings (SSSR count). The minimum absolute atomic E-state index is 0.0429. The van der Waals surface area contributed by atoms with Crippen molar-refractivity contribution in [2.75, 3.05) is 0 Å². The molecule has 5 atom stereocenters. The third kappa shape index (κ3) is 1.88. The normalized spacial score (nSPS) is 41.2. The molecule has 0 amide bonds. The zero-order chi connectivity index (χ0) is 18.5. The van der Waals surface area contributed by atoms with Gasteiger partial charge in [0.15, 0.2) is 10.8 Å². The van der Waals surface area contributed by atoms with E-state index in [0.29, 0.717) is 18.8 Å². The van der Waals surface area contributed by atoms with Gasteiger partial charge in [-0.05, 0) is 24.7 Å². The highest BCUT2D eigenvalue weighted by Gasteiger charge is 2.81. The van der Waals surface area contributed by atoms with Gasteiger partial charge in [0, 0.05) is 6.42 Å². The van der Waals surface area contributed by atoms with Crippen LogP contribution in [-0.2, 0) is 9.47 Å². The predicted molar refractivity (Wildman–Crippen MR) is 88.7 cm³/mol. The van der Waals surface area contributed by atoms with Crippen LogP contribution in [0.15, 0.2) is 0 Å². The second-order valence-corrected chi connectivity index (χ2v) is 7.74. The van der Waals surface area contributed by atoms with Crippen molar-refractivity contribution in [2.45, 2.75) is 64.8 Å². The Balaban J connectivity index is 2.27. The summed E-state index contributed by atoms with van der Waals surface area (Å²) in [6.07, 6.45) is 2.83. The molecule has 0 spiro atoms. The summed E-state index contributed by atoms with van der Waals surface area (Å²) in [7, 11) is 0. The van der Waals surface area contributed by atoms with Crippen molar-refractivity contribution < 1.29 is 9.47 Å². The summed E-state index contributed by atoms with van der Waals surface area (Å²) in [5.74, 6) is -1.46. The minimum atomic E-state index is -1.72. The Morgan fingerprint density at radius 2 is 1.84 bits per heavy atom. The lowest BCUT2D eigenvalue weighted by atomic mass is 9.50. The molecule has 1 saturated carbocycles. The molecule has 25 heavy (non-hydrogen) atoms. The zero-order valence-electron chi connectivity index (χ0n) is 15.0. The molecule has 0 aromatic rings. The maximum atomic E-state index is 10.2. The van der Waals surface area contributed by atoms with Crippen LogP contribution in [0.2, 0.25) is 0 Å². The molecule has 1 aliphatic carbocycles. The number of nitrogens with one attached hydrogen (secondary N) is 1. The number of rotatable bonds is 3. The van der Waals surface area contributed by atoms with Gasteiger partial charge in [-0.3, -0.25) is 5.41 Å². The Hall–Kier alpha value is -2.10. The average Bonchev–Trinajstić information content (AvgIpc) is 2.81. The number of nitriles is 3. The van der Waals surface area contributed by atoms with E-state index in [1.165, 1.54) is 0 Å². The van der Waals surface area contributed by atoms with Crippen molar-refractivity contribution in [3.8, 4) is 18.2 Å². The molecule has 0 aromatic carbocycles. The summed E-state index contributed by atoms with van der Waals surface area (Å²) in [5, 5.41) is 38.8. The third-order valence-electron chi connectivity index (χ3n) is 6.69. The van der Waals surface area contributed by atoms with E-state index in [0.717, 1.165) is 19.3 Å². The van der Waals surface area contributed by atoms with E-state index in [1.807, 2.05) is 13.8 Å². The topological polar surface area (TPSA) is 114 Å². The molecule has 5 unspecified atom stereocenters. The summed E-state index contributed by atoms with van der Waals surface area (Å²) in [4.78, 5) is 0. The minimum Gasteiger partial charge on any atom is -0.447 e. The second kappa shape index (κ2) is 5.72. The van der Waals surface area contributed by atoms with Gasteiger partial charge in [0.05, 0.1) is 30.2 Å². The molecule has 2 bridgehead atoms. The lowest BCUT2D eigenvalue weighted by molar-refractivity contribution is -0.305. The van der Waals surface area contributed by atoms with Gasteiger partial charge in [0.25, 0.3) is 0 Å². The first kappa shape index (κ1) is 17.7. The molecule has 6 heteroatoms. The molecule has 0 aromatic heterocycles. The van der Waals surface area contributed by atoms with E-state index in [2.05, 4.69) is 25.1 Å². The lowest BCUT2D eigenvalue weighted by Gasteiger charge is -2.54. The van der Waals surface area contributed by atoms with Crippen LogP contribution < -0.4 is 0 Å². The first-order valence-electron chi connectivity index (χ1n) is 9.10. The van der Waals surface area contributed by atoms with E-state index in [4.69, 9.17) is 14.9 Å². The smallest absolute Gasteiger partial charge is 0.217 e. The fraction of sp³-hybridized carbons (Fsp3) is 0.789. The zero-order valence-corrected chi connectivity index (χ0v) is 15.0. The summed E-state index contributed by atoms with van der Waals surface area (Å²) < 4.78 is 12.3. The van der Waals surface area contributed by atoms with Crippen molar-refractivity contribution in [2.24, 2.45) is 28.6 Å². The number of ether oxygens (including phenoxy) is 2. The molecule has 3 fully saturated rings. The number of hydrogen-bond acceptors (Lipinski definition) is 6. The van der Waals surface area contributed by atoms with Gasteiger partial charge < -0.3 is 9.47 Å². The van der Waals surface area contributed by atoms with Crippen LogP contribution in [0.4, 0.5) is 0 Å². The van der Waals surface area contributed by atoms with E-state index in [1.54, 1.807) is 0 Å². The van der Waals surface area contributed by atoms with Crippen LogP contribution in [-0.4, -0.2) is 17.8 Å². The average molecular weight is 340 g/mol. The molecule has 0 radical (unpaired) electrons. The van der Waals surface area contributed by atoms with Crippen LogP contribution in [0.5, 0.6) is 0 Å². The van der Waals surface area contributed by atoms with E-state index >= 15 is 0 Å². The molecule has 2 saturated heterocycles. The Bertz CT molecular complexity index is 696. The highest BCUT2D eigenvalue weighted by atomic mass is 16.7. The Morgan fingerprint density at radius 1 is 1.20 bits per heavy atom. The maximum absolute atomic E-state index is 10.2. The van der Waals surface area contributed by atoms with Gasteiger partial charge in [-0.15, -0.1) is 0 Å². The van der Waals surface area contributed by atoms with Gasteiger partial charge in [-0.25, -0.2) is 0 Å². The van der Waals surface area contributed by atoms with Gasteiger partial charge in [-0.1, -0.05) is 33.6 Å². The third-order valence-corrected chi connectivity index (χ3v) is 6.69. The molecule has 1 N–H and O–H groups in total. The summed E-state index contributed by atoms with van der Waals surface area (Å²) in [6, 6.07) is 6.49. The molecular formula is C19H24N4O2. The fourth-order valence-corrected chi connectivity index (χ4v) is 5.22. The summed E-state index contributed by atoms with van der Waals surface area (Å²) >= 11 is 0. The van der Waals surface area contributed by atoms with Crippen LogP contribution in [0, 0.1) is 68.0 Å². The second-order valence-electron chi connectivity index (χ2n) is 7.74. The molecule has 132 valence electrons. The van der Waals surface area contributed by atoms with Gasteiger partial charge in [0.1, 0.15) is 0 Å². The number of hydrogen-bond donors (Lipinski definition) is 1. The van der Waals surface area contributed by atoms with Gasteiger partial charge >= 0.3 is 0 Å². The molecule has 2 heterocycles. The SMILES string of the molecule is CCC(CC)C1OC23CCC(C)CC2C(C#N)(C(=N)O3)C1(C#N)C#N. The fourth-order valence-electron chi connectivity index (χ4n) is 5.22. The standard InChI is InChI=1S/C19H24N4O2/c1-4-13(5-2)15-17(9-20,10-21)18(11-22)14-8-12(3)6-7-19(14,24-15)25-16(18)23/h12-15,23H,4-8H2,1-3H3. The highest BCUT2D eigenvalue weighted by Crippen LogP contribution is 2.67. The quantitative estimate of drug-likeness (QED) is 0.844. The van der Waals surface area contributed by atoms with Crippen molar-refractivity contribution >= 4 is 5.90 Å².